The minimum Gasteiger partial charge on any atom is -0.493 e. The van der Waals surface area contributed by atoms with Gasteiger partial charge in [-0.1, -0.05) is 26.0 Å². The minimum atomic E-state index is -0.611. The number of amides is 1. The molecule has 0 fully saturated rings. The topological polar surface area (TPSA) is 120 Å². The van der Waals surface area contributed by atoms with Crippen molar-refractivity contribution in [1.82, 2.24) is 5.32 Å². The Kier molecular flexibility index (Phi) is 11.6. The molecule has 1 amide bonds. The van der Waals surface area contributed by atoms with Crippen molar-refractivity contribution in [1.29, 1.82) is 5.26 Å². The predicted octanol–water partition coefficient (Wildman–Crippen LogP) is 5.95. The molecule has 0 unspecified atom stereocenters. The van der Waals surface area contributed by atoms with Gasteiger partial charge in [0.1, 0.15) is 17.4 Å². The number of ether oxygens (including phenoxy) is 4. The number of esters is 1. The van der Waals surface area contributed by atoms with Crippen molar-refractivity contribution >= 4 is 24.0 Å². The predicted molar refractivity (Wildman–Crippen MR) is 154 cm³/mol. The highest BCUT2D eigenvalue weighted by atomic mass is 16.6. The molecule has 0 radical (unpaired) electrons. The number of hydrogen-bond acceptors (Lipinski definition) is 8. The summed E-state index contributed by atoms with van der Waals surface area (Å²) in [6.07, 6.45) is 6.77. The molecule has 0 saturated heterocycles. The number of nitriles is 1. The van der Waals surface area contributed by atoms with Gasteiger partial charge in [0, 0.05) is 6.08 Å². The molecule has 0 saturated carbocycles. The number of furan rings is 1. The van der Waals surface area contributed by atoms with Crippen LogP contribution in [0.3, 0.4) is 0 Å². The molecule has 3 rings (SSSR count). The van der Waals surface area contributed by atoms with Crippen molar-refractivity contribution in [3.8, 4) is 29.1 Å². The van der Waals surface area contributed by atoms with E-state index in [4.69, 9.17) is 23.4 Å². The molecule has 41 heavy (non-hydrogen) atoms. The van der Waals surface area contributed by atoms with Crippen LogP contribution in [0, 0.1) is 17.2 Å². The highest BCUT2D eigenvalue weighted by molar-refractivity contribution is 6.01. The number of rotatable bonds is 14. The van der Waals surface area contributed by atoms with Gasteiger partial charge in [0.05, 0.1) is 33.1 Å². The van der Waals surface area contributed by atoms with Crippen LogP contribution in [0.15, 0.2) is 70.9 Å². The van der Waals surface area contributed by atoms with Crippen molar-refractivity contribution in [3.63, 3.8) is 0 Å². The van der Waals surface area contributed by atoms with Gasteiger partial charge in [-0.15, -0.1) is 0 Å². The van der Waals surface area contributed by atoms with E-state index in [-0.39, 0.29) is 17.9 Å². The molecule has 0 spiro atoms. The van der Waals surface area contributed by atoms with Crippen LogP contribution in [0.5, 0.6) is 23.0 Å². The van der Waals surface area contributed by atoms with Gasteiger partial charge in [0.25, 0.3) is 5.91 Å². The van der Waals surface area contributed by atoms with E-state index < -0.39 is 11.9 Å². The smallest absolute Gasteiger partial charge is 0.336 e. The standard InChI is InChI=1S/C32H34N2O7/c1-5-38-30-19-24(17-25(20-33)32(36)34-21-26-7-6-15-39-26)9-12-28(30)41-31(35)13-10-23-8-11-27(29(18-23)37-4)40-16-14-22(2)3/h6-13,15,17-19,22H,5,14,16,21H2,1-4H3,(H,34,36)/b13-10+,25-17+. The number of benzene rings is 2. The molecule has 0 aliphatic heterocycles. The summed E-state index contributed by atoms with van der Waals surface area (Å²) in [7, 11) is 1.56. The fourth-order valence-electron chi connectivity index (χ4n) is 3.58. The van der Waals surface area contributed by atoms with Gasteiger partial charge in [-0.25, -0.2) is 4.79 Å². The van der Waals surface area contributed by atoms with E-state index in [1.165, 1.54) is 18.4 Å². The molecule has 1 heterocycles. The monoisotopic (exact) mass is 558 g/mol. The fraction of sp³-hybridized carbons (Fsp3) is 0.281. The van der Waals surface area contributed by atoms with Crippen LogP contribution >= 0.6 is 0 Å². The molecule has 1 N–H and O–H groups in total. The maximum atomic E-state index is 12.6. The van der Waals surface area contributed by atoms with E-state index in [1.54, 1.807) is 62.6 Å². The van der Waals surface area contributed by atoms with E-state index in [0.29, 0.717) is 47.7 Å². The number of nitrogens with one attached hydrogen (secondary N) is 1. The van der Waals surface area contributed by atoms with Gasteiger partial charge in [-0.05, 0) is 78.9 Å². The van der Waals surface area contributed by atoms with Gasteiger partial charge in [0.2, 0.25) is 0 Å². The lowest BCUT2D eigenvalue weighted by molar-refractivity contribution is -0.129. The van der Waals surface area contributed by atoms with Crippen molar-refractivity contribution in [2.24, 2.45) is 5.92 Å². The lowest BCUT2D eigenvalue weighted by atomic mass is 10.1. The Hall–Kier alpha value is -4.97. The third-order valence-corrected chi connectivity index (χ3v) is 5.71. The Morgan fingerprint density at radius 2 is 1.78 bits per heavy atom. The van der Waals surface area contributed by atoms with Gasteiger partial charge in [-0.2, -0.15) is 5.26 Å². The summed E-state index contributed by atoms with van der Waals surface area (Å²) in [5.74, 6) is 1.64. The third-order valence-electron chi connectivity index (χ3n) is 5.71. The molecule has 3 aromatic rings. The molecule has 0 aliphatic rings. The van der Waals surface area contributed by atoms with E-state index in [0.717, 1.165) is 12.0 Å². The minimum absolute atomic E-state index is 0.0987. The summed E-state index contributed by atoms with van der Waals surface area (Å²) in [5, 5.41) is 12.1. The van der Waals surface area contributed by atoms with Crippen LogP contribution in [-0.2, 0) is 16.1 Å². The van der Waals surface area contributed by atoms with E-state index in [1.807, 2.05) is 12.1 Å². The number of methoxy groups -OCH3 is 1. The number of carbonyl (C=O) groups excluding carboxylic acids is 2. The van der Waals surface area contributed by atoms with Crippen molar-refractivity contribution in [3.05, 3.63) is 83.3 Å². The average Bonchev–Trinajstić information content (AvgIpc) is 3.49. The van der Waals surface area contributed by atoms with Crippen molar-refractivity contribution in [2.75, 3.05) is 20.3 Å². The highest BCUT2D eigenvalue weighted by Gasteiger charge is 2.13. The SMILES string of the molecule is CCOc1cc(/C=C(\C#N)C(=O)NCc2ccco2)ccc1OC(=O)/C=C/c1ccc(OCCC(C)C)c(OC)c1. The molecular weight excluding hydrogens is 524 g/mol. The largest absolute Gasteiger partial charge is 0.493 e. The van der Waals surface area contributed by atoms with Gasteiger partial charge >= 0.3 is 5.97 Å². The molecule has 0 atom stereocenters. The van der Waals surface area contributed by atoms with Crippen LogP contribution in [0.1, 0.15) is 44.1 Å². The van der Waals surface area contributed by atoms with E-state index >= 15 is 0 Å². The van der Waals surface area contributed by atoms with Gasteiger partial charge in [0.15, 0.2) is 23.0 Å². The molecular formula is C32H34N2O7. The van der Waals surface area contributed by atoms with E-state index in [2.05, 4.69) is 19.2 Å². The van der Waals surface area contributed by atoms with Crippen molar-refractivity contribution in [2.45, 2.75) is 33.7 Å². The number of nitrogens with zero attached hydrogens (tertiary/aromatic N) is 1. The molecule has 1 aromatic heterocycles. The molecule has 0 bridgehead atoms. The third kappa shape index (κ3) is 9.62. The second-order valence-corrected chi connectivity index (χ2v) is 9.27. The zero-order chi connectivity index (χ0) is 29.6. The molecule has 0 aliphatic carbocycles. The first kappa shape index (κ1) is 30.6. The molecule has 214 valence electrons. The maximum absolute atomic E-state index is 12.6. The zero-order valence-corrected chi connectivity index (χ0v) is 23.6. The molecule has 2 aromatic carbocycles. The maximum Gasteiger partial charge on any atom is 0.336 e. The summed E-state index contributed by atoms with van der Waals surface area (Å²) in [6.45, 7) is 7.11. The van der Waals surface area contributed by atoms with Crippen LogP contribution in [0.4, 0.5) is 0 Å². The number of hydrogen-bond donors (Lipinski definition) is 1. The Morgan fingerprint density at radius 3 is 2.46 bits per heavy atom. The lowest BCUT2D eigenvalue weighted by Gasteiger charge is -2.12. The fourth-order valence-corrected chi connectivity index (χ4v) is 3.58. The highest BCUT2D eigenvalue weighted by Crippen LogP contribution is 2.31. The molecule has 9 heteroatoms. The summed E-state index contributed by atoms with van der Waals surface area (Å²) in [6, 6.07) is 15.5. The van der Waals surface area contributed by atoms with Crippen LogP contribution < -0.4 is 24.3 Å². The van der Waals surface area contributed by atoms with E-state index in [9.17, 15) is 14.9 Å². The lowest BCUT2D eigenvalue weighted by Crippen LogP contribution is -2.23. The van der Waals surface area contributed by atoms with Crippen LogP contribution in [0.25, 0.3) is 12.2 Å². The summed E-state index contributed by atoms with van der Waals surface area (Å²) in [5.41, 5.74) is 1.16. The van der Waals surface area contributed by atoms with Crippen LogP contribution in [-0.4, -0.2) is 32.2 Å². The normalized spacial score (nSPS) is 11.3. The molecule has 9 nitrogen and oxygen atoms in total. The summed E-state index contributed by atoms with van der Waals surface area (Å²) >= 11 is 0. The first-order valence-electron chi connectivity index (χ1n) is 13.2. The second-order valence-electron chi connectivity index (χ2n) is 9.27. The van der Waals surface area contributed by atoms with Gasteiger partial charge < -0.3 is 28.7 Å². The Morgan fingerprint density at radius 1 is 1.02 bits per heavy atom. The van der Waals surface area contributed by atoms with Crippen LogP contribution in [0.2, 0.25) is 0 Å². The quantitative estimate of drug-likeness (QED) is 0.111. The van der Waals surface area contributed by atoms with Crippen molar-refractivity contribution < 1.29 is 33.0 Å². The number of carbonyl (C=O) groups is 2. The first-order valence-corrected chi connectivity index (χ1v) is 13.2. The Balaban J connectivity index is 1.68. The Labute approximate surface area is 240 Å². The second kappa shape index (κ2) is 15.6. The Bertz CT molecular complexity index is 1420. The van der Waals surface area contributed by atoms with Gasteiger partial charge in [-0.3, -0.25) is 4.79 Å². The first-order chi connectivity index (χ1) is 19.8. The average molecular weight is 559 g/mol. The zero-order valence-electron chi connectivity index (χ0n) is 23.6. The summed E-state index contributed by atoms with van der Waals surface area (Å²) in [4.78, 5) is 25.0. The summed E-state index contributed by atoms with van der Waals surface area (Å²) < 4.78 is 27.6.